The monoisotopic (exact) mass is 184 g/mol. The van der Waals surface area contributed by atoms with Crippen molar-refractivity contribution in [3.05, 3.63) is 29.6 Å². The molecular formula is C9H9FOS. The summed E-state index contributed by atoms with van der Waals surface area (Å²) in [5, 5.41) is 0. The minimum absolute atomic E-state index is 0.332. The van der Waals surface area contributed by atoms with Crippen LogP contribution in [0.25, 0.3) is 0 Å². The molecule has 0 aliphatic rings. The first-order chi connectivity index (χ1) is 5.74. The fraction of sp³-hybridized carbons (Fsp3) is 0.222. The zero-order valence-corrected chi connectivity index (χ0v) is 7.35. The minimum Gasteiger partial charge on any atom is -0.303 e. The highest BCUT2D eigenvalue weighted by Crippen LogP contribution is 2.14. The Hall–Kier alpha value is -0.830. The van der Waals surface area contributed by atoms with Gasteiger partial charge in [-0.2, -0.15) is 0 Å². The predicted molar refractivity (Wildman–Crippen MR) is 48.0 cm³/mol. The Morgan fingerprint density at radius 3 is 2.83 bits per heavy atom. The van der Waals surface area contributed by atoms with Crippen LogP contribution in [0.4, 0.5) is 4.39 Å². The number of halogens is 1. The Bertz CT molecular complexity index is 286. The lowest BCUT2D eigenvalue weighted by atomic mass is 10.1. The summed E-state index contributed by atoms with van der Waals surface area (Å²) in [6.07, 6.45) is 1.85. The average Bonchev–Trinajstić information content (AvgIpc) is 2.07. The highest BCUT2D eigenvalue weighted by Gasteiger charge is 1.98. The molecule has 1 aromatic carbocycles. The van der Waals surface area contributed by atoms with Gasteiger partial charge in [0.05, 0.1) is 0 Å². The van der Waals surface area contributed by atoms with Gasteiger partial charge in [0.15, 0.2) is 0 Å². The van der Waals surface area contributed by atoms with E-state index in [0.29, 0.717) is 17.7 Å². The van der Waals surface area contributed by atoms with Crippen LogP contribution < -0.4 is 0 Å². The molecule has 0 fully saturated rings. The summed E-state index contributed by atoms with van der Waals surface area (Å²) >= 11 is 3.89. The van der Waals surface area contributed by atoms with Crippen molar-refractivity contribution in [1.29, 1.82) is 0 Å². The van der Waals surface area contributed by atoms with Crippen LogP contribution in [-0.4, -0.2) is 6.29 Å². The lowest BCUT2D eigenvalue weighted by molar-refractivity contribution is -0.107. The van der Waals surface area contributed by atoms with Gasteiger partial charge in [0.2, 0.25) is 0 Å². The number of carbonyl (C=O) groups is 1. The molecule has 0 atom stereocenters. The Balaban J connectivity index is 2.75. The molecular weight excluding hydrogens is 175 g/mol. The summed E-state index contributed by atoms with van der Waals surface area (Å²) in [6, 6.07) is 4.78. The molecule has 0 spiro atoms. The van der Waals surface area contributed by atoms with Gasteiger partial charge in [0, 0.05) is 11.3 Å². The van der Waals surface area contributed by atoms with Gasteiger partial charge in [-0.1, -0.05) is 6.07 Å². The Kier molecular flexibility index (Phi) is 3.29. The van der Waals surface area contributed by atoms with Crippen molar-refractivity contribution in [2.45, 2.75) is 17.7 Å². The standard InChI is InChI=1S/C9H9FOS/c10-8-6-7(2-1-5-11)3-4-9(8)12/h3-6,12H,1-2H2. The maximum absolute atomic E-state index is 12.8. The number of carbonyl (C=O) groups excluding carboxylic acids is 1. The van der Waals surface area contributed by atoms with Crippen molar-refractivity contribution in [3.8, 4) is 0 Å². The van der Waals surface area contributed by atoms with Crippen molar-refractivity contribution in [1.82, 2.24) is 0 Å². The van der Waals surface area contributed by atoms with Gasteiger partial charge in [0.1, 0.15) is 12.1 Å². The maximum Gasteiger partial charge on any atom is 0.136 e. The zero-order chi connectivity index (χ0) is 8.97. The first-order valence-electron chi connectivity index (χ1n) is 3.65. The third-order valence-electron chi connectivity index (χ3n) is 1.56. The molecule has 0 bridgehead atoms. The van der Waals surface area contributed by atoms with E-state index >= 15 is 0 Å². The van der Waals surface area contributed by atoms with Gasteiger partial charge in [-0.3, -0.25) is 0 Å². The SMILES string of the molecule is O=CCCc1ccc(S)c(F)c1. The van der Waals surface area contributed by atoms with E-state index in [1.54, 1.807) is 12.1 Å². The zero-order valence-electron chi connectivity index (χ0n) is 6.46. The van der Waals surface area contributed by atoms with Crippen LogP contribution in [0.2, 0.25) is 0 Å². The van der Waals surface area contributed by atoms with Crippen LogP contribution in [0.1, 0.15) is 12.0 Å². The normalized spacial score (nSPS) is 9.83. The molecule has 0 saturated carbocycles. The molecule has 3 heteroatoms. The molecule has 0 unspecified atom stereocenters. The molecule has 1 rings (SSSR count). The van der Waals surface area contributed by atoms with Crippen LogP contribution >= 0.6 is 12.6 Å². The second-order valence-corrected chi connectivity index (χ2v) is 2.97. The van der Waals surface area contributed by atoms with Crippen molar-refractivity contribution >= 4 is 18.9 Å². The Morgan fingerprint density at radius 1 is 1.50 bits per heavy atom. The van der Waals surface area contributed by atoms with Gasteiger partial charge in [0.25, 0.3) is 0 Å². The third kappa shape index (κ3) is 2.34. The molecule has 0 heterocycles. The molecule has 0 aliphatic carbocycles. The fourth-order valence-corrected chi connectivity index (χ4v) is 1.07. The number of hydrogen-bond donors (Lipinski definition) is 1. The quantitative estimate of drug-likeness (QED) is 0.563. The van der Waals surface area contributed by atoms with Gasteiger partial charge < -0.3 is 4.79 Å². The molecule has 0 saturated heterocycles. The summed E-state index contributed by atoms with van der Waals surface area (Å²) in [6.45, 7) is 0. The molecule has 1 aromatic rings. The lowest BCUT2D eigenvalue weighted by Gasteiger charge is -1.99. The first-order valence-corrected chi connectivity index (χ1v) is 4.10. The van der Waals surface area contributed by atoms with Crippen LogP contribution in [0.5, 0.6) is 0 Å². The smallest absolute Gasteiger partial charge is 0.136 e. The minimum atomic E-state index is -0.332. The Morgan fingerprint density at radius 2 is 2.25 bits per heavy atom. The van der Waals surface area contributed by atoms with E-state index in [1.807, 2.05) is 0 Å². The summed E-state index contributed by atoms with van der Waals surface area (Å²) in [5.41, 5.74) is 0.831. The third-order valence-corrected chi connectivity index (χ3v) is 1.93. The molecule has 0 radical (unpaired) electrons. The van der Waals surface area contributed by atoms with E-state index in [2.05, 4.69) is 12.6 Å². The van der Waals surface area contributed by atoms with E-state index in [1.165, 1.54) is 6.07 Å². The Labute approximate surface area is 76.0 Å². The largest absolute Gasteiger partial charge is 0.303 e. The van der Waals surface area contributed by atoms with Crippen LogP contribution in [0.15, 0.2) is 23.1 Å². The first kappa shape index (κ1) is 9.26. The van der Waals surface area contributed by atoms with Crippen LogP contribution in [-0.2, 0) is 11.2 Å². The highest BCUT2D eigenvalue weighted by atomic mass is 32.1. The van der Waals surface area contributed by atoms with E-state index in [9.17, 15) is 9.18 Å². The van der Waals surface area contributed by atoms with E-state index in [0.717, 1.165) is 11.8 Å². The summed E-state index contributed by atoms with van der Waals surface area (Å²) in [4.78, 5) is 10.4. The molecule has 64 valence electrons. The van der Waals surface area contributed by atoms with Crippen molar-refractivity contribution in [3.63, 3.8) is 0 Å². The summed E-state index contributed by atoms with van der Waals surface area (Å²) in [5.74, 6) is -0.332. The number of hydrogen-bond acceptors (Lipinski definition) is 2. The number of aldehydes is 1. The maximum atomic E-state index is 12.8. The summed E-state index contributed by atoms with van der Waals surface area (Å²) < 4.78 is 12.8. The molecule has 0 amide bonds. The van der Waals surface area contributed by atoms with Crippen LogP contribution in [0, 0.1) is 5.82 Å². The van der Waals surface area contributed by atoms with E-state index < -0.39 is 0 Å². The molecule has 0 N–H and O–H groups in total. The number of benzene rings is 1. The van der Waals surface area contributed by atoms with Gasteiger partial charge in [-0.25, -0.2) is 4.39 Å². The summed E-state index contributed by atoms with van der Waals surface area (Å²) in [7, 11) is 0. The van der Waals surface area contributed by atoms with Gasteiger partial charge in [-0.05, 0) is 24.1 Å². The number of rotatable bonds is 3. The number of aryl methyl sites for hydroxylation is 1. The second-order valence-electron chi connectivity index (χ2n) is 2.49. The lowest BCUT2D eigenvalue weighted by Crippen LogP contribution is -1.88. The van der Waals surface area contributed by atoms with Crippen molar-refractivity contribution < 1.29 is 9.18 Å². The van der Waals surface area contributed by atoms with E-state index in [4.69, 9.17) is 0 Å². The second kappa shape index (κ2) is 4.26. The predicted octanol–water partition coefficient (Wildman–Crippen LogP) is 2.25. The van der Waals surface area contributed by atoms with Gasteiger partial charge in [-0.15, -0.1) is 12.6 Å². The number of thiol groups is 1. The molecule has 0 aliphatic heterocycles. The molecule has 12 heavy (non-hydrogen) atoms. The highest BCUT2D eigenvalue weighted by molar-refractivity contribution is 7.80. The van der Waals surface area contributed by atoms with Crippen molar-refractivity contribution in [2.75, 3.05) is 0 Å². The average molecular weight is 184 g/mol. The van der Waals surface area contributed by atoms with Crippen LogP contribution in [0.3, 0.4) is 0 Å². The fourth-order valence-electron chi connectivity index (χ4n) is 0.932. The topological polar surface area (TPSA) is 17.1 Å². The molecule has 1 nitrogen and oxygen atoms in total. The molecule has 0 aromatic heterocycles. The van der Waals surface area contributed by atoms with Gasteiger partial charge >= 0.3 is 0 Å². The van der Waals surface area contributed by atoms with E-state index in [-0.39, 0.29) is 5.82 Å². The van der Waals surface area contributed by atoms with Crippen molar-refractivity contribution in [2.24, 2.45) is 0 Å².